The normalized spacial score (nSPS) is 3.75. The Labute approximate surface area is 29.0 Å². The van der Waals surface area contributed by atoms with Gasteiger partial charge in [0, 0.05) is 0 Å². The molecule has 0 aromatic carbocycles. The highest BCUT2D eigenvalue weighted by molar-refractivity contribution is 6.05. The standard InChI is InChI=1S/CH6Si.H2NO/c2*1-2/h1-2H3;1H2. The number of nitrogens with two attached hydrogens (primary N) is 1. The fraction of sp³-hybridized carbons (Fsp3) is 1.00. The lowest BCUT2D eigenvalue weighted by Crippen LogP contribution is -1.67. The first kappa shape index (κ1) is 8.91. The van der Waals surface area contributed by atoms with Crippen LogP contribution < -0.4 is 5.90 Å². The van der Waals surface area contributed by atoms with Crippen molar-refractivity contribution in [3.05, 3.63) is 0 Å². The van der Waals surface area contributed by atoms with E-state index in [0.29, 0.717) is 0 Å². The highest BCUT2D eigenvalue weighted by Crippen LogP contribution is 0.960. The third-order valence-corrected chi connectivity index (χ3v) is 0. The molecule has 4 heavy (non-hydrogen) atoms. The van der Waals surface area contributed by atoms with Crippen molar-refractivity contribution >= 4 is 10.2 Å². The van der Waals surface area contributed by atoms with Crippen molar-refractivity contribution in [1.29, 1.82) is 0 Å². The quantitative estimate of drug-likeness (QED) is 0.284. The molecule has 0 aromatic heterocycles. The van der Waals surface area contributed by atoms with Crippen molar-refractivity contribution in [1.82, 2.24) is 0 Å². The SMILES string of the molecule is C[SiH3].N[O]. The summed E-state index contributed by atoms with van der Waals surface area (Å²) in [6.45, 7) is 2.14. The minimum Gasteiger partial charge on any atom is -0.181 e. The first-order valence-corrected chi connectivity index (χ1v) is 3.24. The second kappa shape index (κ2) is 764. The van der Waals surface area contributed by atoms with E-state index in [4.69, 9.17) is 5.21 Å². The van der Waals surface area contributed by atoms with Crippen LogP contribution in [0, 0.1) is 0 Å². The van der Waals surface area contributed by atoms with Crippen LogP contribution in [0.2, 0.25) is 6.55 Å². The minimum absolute atomic E-state index is 1.31. The molecule has 0 aliphatic rings. The zero-order valence-corrected chi connectivity index (χ0v) is 4.99. The van der Waals surface area contributed by atoms with E-state index in [1.807, 2.05) is 0 Å². The maximum atomic E-state index is 7.75. The summed E-state index contributed by atoms with van der Waals surface area (Å²) in [6, 6.07) is 0. The summed E-state index contributed by atoms with van der Waals surface area (Å²) in [5, 5.41) is 7.75. The van der Waals surface area contributed by atoms with Gasteiger partial charge in [-0.1, -0.05) is 6.55 Å². The Morgan fingerprint density at radius 1 is 1.50 bits per heavy atom. The highest BCUT2D eigenvalue weighted by atomic mass is 28.1. The van der Waals surface area contributed by atoms with Crippen LogP contribution in [0.5, 0.6) is 0 Å². The fourth-order valence-corrected chi connectivity index (χ4v) is 0. The Morgan fingerprint density at radius 2 is 1.50 bits per heavy atom. The van der Waals surface area contributed by atoms with Crippen LogP contribution in [0.25, 0.3) is 0 Å². The van der Waals surface area contributed by atoms with Gasteiger partial charge in [0.2, 0.25) is 0 Å². The molecule has 0 atom stereocenters. The summed E-state index contributed by atoms with van der Waals surface area (Å²) in [4.78, 5) is 0. The van der Waals surface area contributed by atoms with E-state index in [1.165, 1.54) is 10.2 Å². The molecule has 0 amide bonds. The van der Waals surface area contributed by atoms with E-state index in [1.54, 1.807) is 0 Å². The predicted molar refractivity (Wildman–Crippen MR) is 20.7 cm³/mol. The van der Waals surface area contributed by atoms with Crippen molar-refractivity contribution in [2.75, 3.05) is 0 Å². The van der Waals surface area contributed by atoms with Gasteiger partial charge in [-0.25, -0.2) is 0 Å². The van der Waals surface area contributed by atoms with Gasteiger partial charge in [0.15, 0.2) is 0 Å². The molecule has 0 aliphatic heterocycles. The van der Waals surface area contributed by atoms with Crippen molar-refractivity contribution < 1.29 is 5.21 Å². The zero-order valence-electron chi connectivity index (χ0n) is 2.99. The maximum absolute atomic E-state index is 7.75. The lowest BCUT2D eigenvalue weighted by atomic mass is 11.9. The molecule has 2 N–H and O–H groups in total. The molecule has 1 radical (unpaired) electrons. The van der Waals surface area contributed by atoms with Gasteiger partial charge in [0.25, 0.3) is 0 Å². The van der Waals surface area contributed by atoms with Gasteiger partial charge in [0.1, 0.15) is 0 Å². The molecule has 0 saturated carbocycles. The van der Waals surface area contributed by atoms with Crippen molar-refractivity contribution in [2.24, 2.45) is 5.90 Å². The average Bonchev–Trinajstić information content (AvgIpc) is 1.50. The fourth-order valence-electron chi connectivity index (χ4n) is 0. The third kappa shape index (κ3) is 147. The molecular formula is CH8NOSi. The number of hydrogen-bond donors (Lipinski definition) is 1. The molecule has 2 nitrogen and oxygen atoms in total. The molecule has 0 heterocycles. The molecule has 0 aromatic rings. The largest absolute Gasteiger partial charge is 0.181 e. The van der Waals surface area contributed by atoms with Gasteiger partial charge < -0.3 is 0 Å². The van der Waals surface area contributed by atoms with E-state index >= 15 is 0 Å². The van der Waals surface area contributed by atoms with E-state index in [-0.39, 0.29) is 0 Å². The molecule has 3 heteroatoms. The van der Waals surface area contributed by atoms with Crippen LogP contribution in [0.3, 0.4) is 0 Å². The van der Waals surface area contributed by atoms with Crippen LogP contribution >= 0.6 is 0 Å². The van der Waals surface area contributed by atoms with Crippen LogP contribution in [-0.4, -0.2) is 10.2 Å². The number of hydrogen-bond acceptors (Lipinski definition) is 1. The molecule has 0 aliphatic carbocycles. The van der Waals surface area contributed by atoms with Crippen LogP contribution in [0.4, 0.5) is 0 Å². The minimum atomic E-state index is 1.31. The van der Waals surface area contributed by atoms with Crippen LogP contribution in [0.15, 0.2) is 0 Å². The lowest BCUT2D eigenvalue weighted by molar-refractivity contribution is 0.201. The molecule has 0 unspecified atom stereocenters. The Morgan fingerprint density at radius 3 is 1.50 bits per heavy atom. The smallest absolute Gasteiger partial charge is 0.000585 e. The van der Waals surface area contributed by atoms with Gasteiger partial charge in [-0.15, -0.1) is 5.21 Å². The molecule has 0 fully saturated rings. The van der Waals surface area contributed by atoms with Gasteiger partial charge >= 0.3 is 0 Å². The molecule has 27 valence electrons. The van der Waals surface area contributed by atoms with Crippen LogP contribution in [-0.2, 0) is 5.21 Å². The zero-order chi connectivity index (χ0) is 4.00. The predicted octanol–water partition coefficient (Wildman–Crippen LogP) is -1.31. The Balaban J connectivity index is 0. The third-order valence-electron chi connectivity index (χ3n) is 0. The van der Waals surface area contributed by atoms with E-state index in [0.717, 1.165) is 0 Å². The Hall–Kier alpha value is 0.137. The lowest BCUT2D eigenvalue weighted by Gasteiger charge is -1.15. The topological polar surface area (TPSA) is 45.9 Å². The Kier molecular flexibility index (Phi) is 1700. The van der Waals surface area contributed by atoms with Gasteiger partial charge in [-0.2, -0.15) is 5.90 Å². The summed E-state index contributed by atoms with van der Waals surface area (Å²) in [5.41, 5.74) is 0. The summed E-state index contributed by atoms with van der Waals surface area (Å²) < 4.78 is 0. The van der Waals surface area contributed by atoms with Crippen molar-refractivity contribution in [3.63, 3.8) is 0 Å². The summed E-state index contributed by atoms with van der Waals surface area (Å²) in [6.07, 6.45) is 0. The average molecular weight is 78.2 g/mol. The molecule has 0 spiro atoms. The molecular weight excluding hydrogens is 70.1 g/mol. The van der Waals surface area contributed by atoms with Crippen LogP contribution in [0.1, 0.15) is 0 Å². The molecule has 0 rings (SSSR count). The van der Waals surface area contributed by atoms with Gasteiger partial charge in [0.05, 0.1) is 0 Å². The highest BCUT2D eigenvalue weighted by Gasteiger charge is 0.962. The maximum Gasteiger partial charge on any atom is -0.000585 e. The van der Waals surface area contributed by atoms with Gasteiger partial charge in [-0.05, 0) is 10.2 Å². The van der Waals surface area contributed by atoms with E-state index in [2.05, 4.69) is 12.4 Å². The van der Waals surface area contributed by atoms with Gasteiger partial charge in [-0.3, -0.25) is 0 Å². The van der Waals surface area contributed by atoms with E-state index < -0.39 is 0 Å². The second-order valence-corrected chi connectivity index (χ2v) is 0. The number of rotatable bonds is 0. The summed E-state index contributed by atoms with van der Waals surface area (Å²) in [7, 11) is 1.31. The summed E-state index contributed by atoms with van der Waals surface area (Å²) in [5.74, 6) is 3.25. The first-order valence-electron chi connectivity index (χ1n) is 1.24. The summed E-state index contributed by atoms with van der Waals surface area (Å²) >= 11 is 0. The molecule has 0 bridgehead atoms. The molecule has 0 saturated heterocycles. The first-order chi connectivity index (χ1) is 2.00. The van der Waals surface area contributed by atoms with E-state index in [9.17, 15) is 0 Å². The van der Waals surface area contributed by atoms with Crippen molar-refractivity contribution in [3.8, 4) is 0 Å². The Bertz CT molecular complexity index is 8.00. The second-order valence-electron chi connectivity index (χ2n) is 0. The van der Waals surface area contributed by atoms with Crippen molar-refractivity contribution in [2.45, 2.75) is 6.55 Å². The monoisotopic (exact) mass is 78.0 g/mol.